The maximum atomic E-state index is 13.5. The number of anilines is 1. The van der Waals surface area contributed by atoms with E-state index in [1.165, 1.54) is 22.7 Å². The van der Waals surface area contributed by atoms with E-state index in [1.807, 2.05) is 47.4 Å². The van der Waals surface area contributed by atoms with Crippen molar-refractivity contribution < 1.29 is 9.53 Å². The number of nitrogens with one attached hydrogen (secondary N) is 1. The van der Waals surface area contributed by atoms with Crippen LogP contribution in [-0.2, 0) is 4.74 Å². The lowest BCUT2D eigenvalue weighted by molar-refractivity contribution is 0.0351. The molecule has 0 atom stereocenters. The molecule has 2 heterocycles. The van der Waals surface area contributed by atoms with E-state index < -0.39 is 0 Å². The van der Waals surface area contributed by atoms with Crippen molar-refractivity contribution in [1.82, 2.24) is 19.2 Å². The first kappa shape index (κ1) is 26.0. The molecule has 8 heteroatoms. The van der Waals surface area contributed by atoms with Gasteiger partial charge in [-0.3, -0.25) is 10.2 Å². The van der Waals surface area contributed by atoms with Crippen LogP contribution in [0.4, 0.5) is 9.93 Å². The molecule has 2 amide bonds. The third-order valence-corrected chi connectivity index (χ3v) is 7.47. The van der Waals surface area contributed by atoms with Crippen LogP contribution in [0.2, 0.25) is 0 Å². The minimum atomic E-state index is -0.145. The Morgan fingerprint density at radius 1 is 0.895 bits per heavy atom. The van der Waals surface area contributed by atoms with Crippen LogP contribution >= 0.6 is 11.5 Å². The van der Waals surface area contributed by atoms with E-state index in [4.69, 9.17) is 4.74 Å². The fourth-order valence-corrected chi connectivity index (χ4v) is 5.31. The van der Waals surface area contributed by atoms with Gasteiger partial charge >= 0.3 is 6.03 Å². The summed E-state index contributed by atoms with van der Waals surface area (Å²) in [6.45, 7) is 5.32. The molecular weight excluding hydrogens is 494 g/mol. The second-order valence-corrected chi connectivity index (χ2v) is 10.1. The molecule has 0 radical (unpaired) electrons. The molecule has 1 aromatic heterocycles. The summed E-state index contributed by atoms with van der Waals surface area (Å²) < 4.78 is 9.95. The highest BCUT2D eigenvalue weighted by Gasteiger charge is 2.21. The Kier molecular flexibility index (Phi) is 9.10. The molecule has 0 aliphatic carbocycles. The lowest BCUT2D eigenvalue weighted by Gasteiger charge is -2.31. The van der Waals surface area contributed by atoms with Gasteiger partial charge in [0, 0.05) is 55.7 Å². The van der Waals surface area contributed by atoms with Gasteiger partial charge in [-0.25, -0.2) is 4.79 Å². The number of ether oxygens (including phenoxy) is 1. The van der Waals surface area contributed by atoms with E-state index in [9.17, 15) is 4.79 Å². The number of hydrogen-bond donors (Lipinski definition) is 1. The number of nitrogens with zero attached hydrogens (tertiary/aromatic N) is 4. The van der Waals surface area contributed by atoms with E-state index in [0.717, 1.165) is 44.8 Å². The topological polar surface area (TPSA) is 70.6 Å². The van der Waals surface area contributed by atoms with Gasteiger partial charge in [0.25, 0.3) is 0 Å². The van der Waals surface area contributed by atoms with E-state index >= 15 is 0 Å². The van der Waals surface area contributed by atoms with Crippen LogP contribution in [0.3, 0.4) is 0 Å². The molecule has 0 bridgehead atoms. The number of carbonyl (C=O) groups is 1. The highest BCUT2D eigenvalue weighted by Crippen LogP contribution is 2.28. The second-order valence-electron chi connectivity index (χ2n) is 9.32. The Bertz CT molecular complexity index is 1220. The van der Waals surface area contributed by atoms with Crippen molar-refractivity contribution in [3.8, 4) is 11.4 Å². The number of benzene rings is 3. The summed E-state index contributed by atoms with van der Waals surface area (Å²) in [5.74, 6) is 0.821. The lowest BCUT2D eigenvalue weighted by atomic mass is 9.88. The number of morpholine rings is 1. The van der Waals surface area contributed by atoms with Crippen molar-refractivity contribution >= 4 is 22.7 Å². The summed E-state index contributed by atoms with van der Waals surface area (Å²) in [5.41, 5.74) is 3.44. The first-order valence-electron chi connectivity index (χ1n) is 13.1. The molecule has 3 aromatic carbocycles. The zero-order chi connectivity index (χ0) is 26.0. The third-order valence-electron chi connectivity index (χ3n) is 6.84. The molecule has 1 aliphatic heterocycles. The third kappa shape index (κ3) is 7.04. The Morgan fingerprint density at radius 2 is 1.50 bits per heavy atom. The minimum Gasteiger partial charge on any atom is -0.379 e. The largest absolute Gasteiger partial charge is 0.379 e. The fourth-order valence-electron chi connectivity index (χ4n) is 4.73. The smallest absolute Gasteiger partial charge is 0.323 e. The number of carbonyl (C=O) groups excluding carboxylic acids is 1. The molecule has 4 aromatic rings. The summed E-state index contributed by atoms with van der Waals surface area (Å²) in [6.07, 6.45) is 0.815. The molecule has 1 saturated heterocycles. The summed E-state index contributed by atoms with van der Waals surface area (Å²) >= 11 is 1.21. The van der Waals surface area contributed by atoms with E-state index in [-0.39, 0.29) is 11.9 Å². The van der Waals surface area contributed by atoms with Crippen molar-refractivity contribution in [2.24, 2.45) is 0 Å². The van der Waals surface area contributed by atoms with Crippen molar-refractivity contribution in [2.75, 3.05) is 51.3 Å². The Morgan fingerprint density at radius 3 is 2.13 bits per heavy atom. The highest BCUT2D eigenvalue weighted by atomic mass is 32.1. The fraction of sp³-hybridized carbons (Fsp3) is 0.300. The number of hydrogen-bond acceptors (Lipinski definition) is 6. The van der Waals surface area contributed by atoms with Crippen molar-refractivity contribution in [1.29, 1.82) is 0 Å². The Balaban J connectivity index is 1.30. The van der Waals surface area contributed by atoms with Crippen molar-refractivity contribution in [3.63, 3.8) is 0 Å². The van der Waals surface area contributed by atoms with Crippen LogP contribution in [0.1, 0.15) is 23.5 Å². The first-order valence-corrected chi connectivity index (χ1v) is 13.9. The Hall–Kier alpha value is -3.59. The number of aromatic nitrogens is 2. The van der Waals surface area contributed by atoms with Gasteiger partial charge in [-0.2, -0.15) is 9.36 Å². The molecule has 196 valence electrons. The average Bonchev–Trinajstić information content (AvgIpc) is 3.45. The molecule has 0 spiro atoms. The molecule has 1 fully saturated rings. The number of amides is 2. The second kappa shape index (κ2) is 13.3. The monoisotopic (exact) mass is 527 g/mol. The summed E-state index contributed by atoms with van der Waals surface area (Å²) in [6, 6.07) is 30.7. The quantitative estimate of drug-likeness (QED) is 0.291. The molecular formula is C30H33N5O2S. The molecule has 38 heavy (non-hydrogen) atoms. The molecule has 1 N–H and O–H groups in total. The van der Waals surface area contributed by atoms with Crippen LogP contribution in [0.5, 0.6) is 0 Å². The van der Waals surface area contributed by atoms with Crippen molar-refractivity contribution in [2.45, 2.75) is 12.3 Å². The van der Waals surface area contributed by atoms with E-state index in [0.29, 0.717) is 24.0 Å². The first-order chi connectivity index (χ1) is 18.8. The van der Waals surface area contributed by atoms with Gasteiger partial charge in [-0.1, -0.05) is 91.0 Å². The zero-order valence-corrected chi connectivity index (χ0v) is 22.2. The van der Waals surface area contributed by atoms with Crippen LogP contribution in [-0.4, -0.2) is 71.1 Å². The van der Waals surface area contributed by atoms with E-state index in [2.05, 4.69) is 68.1 Å². The predicted octanol–water partition coefficient (Wildman–Crippen LogP) is 5.59. The van der Waals surface area contributed by atoms with Gasteiger partial charge in [-0.15, -0.1) is 0 Å². The van der Waals surface area contributed by atoms with Crippen LogP contribution in [0.15, 0.2) is 91.0 Å². The number of urea groups is 1. The Labute approximate surface area is 228 Å². The molecule has 1 aliphatic rings. The predicted molar refractivity (Wildman–Crippen MR) is 153 cm³/mol. The van der Waals surface area contributed by atoms with Gasteiger partial charge in [0.15, 0.2) is 5.82 Å². The van der Waals surface area contributed by atoms with Crippen molar-refractivity contribution in [3.05, 3.63) is 102 Å². The SMILES string of the molecule is O=C(Nc1nc(-c2ccccc2)ns1)N(CCC(c1ccccc1)c1ccccc1)CCN1CCOCC1. The van der Waals surface area contributed by atoms with Crippen LogP contribution in [0.25, 0.3) is 11.4 Å². The normalized spacial score (nSPS) is 13.9. The maximum absolute atomic E-state index is 13.5. The maximum Gasteiger partial charge on any atom is 0.323 e. The molecule has 0 saturated carbocycles. The number of rotatable bonds is 10. The van der Waals surface area contributed by atoms with Gasteiger partial charge < -0.3 is 9.64 Å². The van der Waals surface area contributed by atoms with Gasteiger partial charge in [0.05, 0.1) is 13.2 Å². The highest BCUT2D eigenvalue weighted by molar-refractivity contribution is 7.10. The van der Waals surface area contributed by atoms with Crippen LogP contribution < -0.4 is 5.32 Å². The van der Waals surface area contributed by atoms with Gasteiger partial charge in [0.2, 0.25) is 5.13 Å². The van der Waals surface area contributed by atoms with Gasteiger partial charge in [-0.05, 0) is 17.5 Å². The van der Waals surface area contributed by atoms with E-state index in [1.54, 1.807) is 0 Å². The zero-order valence-electron chi connectivity index (χ0n) is 21.4. The standard InChI is InChI=1S/C30H33N5O2S/c36-30(32-29-31-28(33-38-29)26-14-8-3-9-15-26)35(19-18-34-20-22-37-23-21-34)17-16-27(24-10-4-1-5-11-24)25-12-6-2-7-13-25/h1-15,27H,16-23H2,(H,31,32,33,36). The summed E-state index contributed by atoms with van der Waals surface area (Å²) in [7, 11) is 0. The molecule has 5 rings (SSSR count). The summed E-state index contributed by atoms with van der Waals surface area (Å²) in [5, 5.41) is 3.52. The average molecular weight is 528 g/mol. The van der Waals surface area contributed by atoms with Gasteiger partial charge in [0.1, 0.15) is 0 Å². The minimum absolute atomic E-state index is 0.145. The molecule has 7 nitrogen and oxygen atoms in total. The molecule has 0 unspecified atom stereocenters. The lowest BCUT2D eigenvalue weighted by Crippen LogP contribution is -2.44. The summed E-state index contributed by atoms with van der Waals surface area (Å²) in [4.78, 5) is 22.4. The van der Waals surface area contributed by atoms with Crippen LogP contribution in [0, 0.1) is 0 Å².